The van der Waals surface area contributed by atoms with Gasteiger partial charge in [0.1, 0.15) is 11.3 Å². The third-order valence-corrected chi connectivity index (χ3v) is 4.03. The first-order valence-electron chi connectivity index (χ1n) is 6.50. The van der Waals surface area contributed by atoms with E-state index in [4.69, 9.17) is 16.3 Å². The molecule has 0 aliphatic carbocycles. The smallest absolute Gasteiger partial charge is 0.276 e. The minimum atomic E-state index is -0.297. The highest BCUT2D eigenvalue weighted by Crippen LogP contribution is 2.30. The molecule has 0 spiro atoms. The Morgan fingerprint density at radius 2 is 2.00 bits per heavy atom. The molecule has 22 heavy (non-hydrogen) atoms. The first-order chi connectivity index (χ1) is 10.7. The Kier molecular flexibility index (Phi) is 4.41. The minimum Gasteiger partial charge on any atom is -0.484 e. The quantitative estimate of drug-likeness (QED) is 0.702. The third kappa shape index (κ3) is 3.47. The molecule has 3 aromatic rings. The summed E-state index contributed by atoms with van der Waals surface area (Å²) in [6, 6.07) is 14.7. The molecule has 112 valence electrons. The second-order valence-corrected chi connectivity index (χ2v) is 5.82. The lowest BCUT2D eigenvalue weighted by Crippen LogP contribution is -2.33. The van der Waals surface area contributed by atoms with E-state index in [0.29, 0.717) is 21.4 Å². The predicted molar refractivity (Wildman–Crippen MR) is 88.3 cm³/mol. The molecule has 0 radical (unpaired) electrons. The van der Waals surface area contributed by atoms with Gasteiger partial charge in [0, 0.05) is 0 Å². The lowest BCUT2D eigenvalue weighted by atomic mass is 10.3. The average Bonchev–Trinajstić information content (AvgIpc) is 2.96. The topological polar surface area (TPSA) is 63.2 Å². The zero-order valence-electron chi connectivity index (χ0n) is 11.4. The summed E-state index contributed by atoms with van der Waals surface area (Å²) in [4.78, 5) is 16.0. The number of fused-ring (bicyclic) bond motifs is 1. The molecule has 0 fully saturated rings. The number of hydrogen-bond donors (Lipinski definition) is 2. The highest BCUT2D eigenvalue weighted by Gasteiger charge is 2.08. The number of aromatic nitrogens is 1. The molecule has 0 saturated heterocycles. The van der Waals surface area contributed by atoms with Gasteiger partial charge in [0.15, 0.2) is 6.61 Å². The summed E-state index contributed by atoms with van der Waals surface area (Å²) in [5.74, 6) is 0.346. The second kappa shape index (κ2) is 6.64. The molecule has 0 unspecified atom stereocenters. The zero-order chi connectivity index (χ0) is 15.4. The van der Waals surface area contributed by atoms with Crippen molar-refractivity contribution >= 4 is 44.2 Å². The molecule has 1 aromatic heterocycles. The van der Waals surface area contributed by atoms with Crippen molar-refractivity contribution in [1.82, 2.24) is 10.4 Å². The minimum absolute atomic E-state index is 0.0807. The van der Waals surface area contributed by atoms with Crippen LogP contribution in [0, 0.1) is 0 Å². The van der Waals surface area contributed by atoms with Crippen molar-refractivity contribution in [1.29, 1.82) is 0 Å². The molecule has 0 aliphatic heterocycles. The van der Waals surface area contributed by atoms with Gasteiger partial charge in [-0.1, -0.05) is 47.2 Å². The van der Waals surface area contributed by atoms with Crippen molar-refractivity contribution < 1.29 is 9.53 Å². The standard InChI is InChI=1S/C15H12ClN3O2S/c16-11-7-4-8-12-14(11)17-15(22-12)19-18-13(20)9-21-10-5-2-1-3-6-10/h1-8H,9H2,(H,17,19)(H,18,20). The summed E-state index contributed by atoms with van der Waals surface area (Å²) in [6.45, 7) is -0.0807. The Labute approximate surface area is 135 Å². The summed E-state index contributed by atoms with van der Waals surface area (Å²) >= 11 is 7.47. The maximum atomic E-state index is 11.7. The lowest BCUT2D eigenvalue weighted by Gasteiger charge is -2.07. The number of amides is 1. The number of hydrogen-bond acceptors (Lipinski definition) is 5. The largest absolute Gasteiger partial charge is 0.484 e. The second-order valence-electron chi connectivity index (χ2n) is 4.38. The number of thiazole rings is 1. The summed E-state index contributed by atoms with van der Waals surface area (Å²) in [6.07, 6.45) is 0. The van der Waals surface area contributed by atoms with Crippen LogP contribution >= 0.6 is 22.9 Å². The number of halogens is 1. The van der Waals surface area contributed by atoms with Gasteiger partial charge in [0.05, 0.1) is 9.72 Å². The fraction of sp³-hybridized carbons (Fsp3) is 0.0667. The number of carbonyl (C=O) groups excluding carboxylic acids is 1. The molecule has 0 saturated carbocycles. The van der Waals surface area contributed by atoms with Crippen LogP contribution in [-0.4, -0.2) is 17.5 Å². The van der Waals surface area contributed by atoms with Crippen molar-refractivity contribution in [2.75, 3.05) is 12.0 Å². The Morgan fingerprint density at radius 3 is 2.77 bits per heavy atom. The number of nitrogens with zero attached hydrogens (tertiary/aromatic N) is 1. The highest BCUT2D eigenvalue weighted by atomic mass is 35.5. The number of ether oxygens (including phenoxy) is 1. The molecule has 1 heterocycles. The van der Waals surface area contributed by atoms with E-state index in [1.165, 1.54) is 11.3 Å². The molecule has 0 aliphatic rings. The van der Waals surface area contributed by atoms with E-state index in [-0.39, 0.29) is 12.5 Å². The van der Waals surface area contributed by atoms with Gasteiger partial charge in [-0.3, -0.25) is 15.6 Å². The number of hydrazine groups is 1. The van der Waals surface area contributed by atoms with Crippen molar-refractivity contribution in [2.45, 2.75) is 0 Å². The van der Waals surface area contributed by atoms with Crippen LogP contribution in [0.2, 0.25) is 5.02 Å². The fourth-order valence-electron chi connectivity index (χ4n) is 1.79. The van der Waals surface area contributed by atoms with E-state index in [2.05, 4.69) is 15.8 Å². The van der Waals surface area contributed by atoms with Gasteiger partial charge in [0.25, 0.3) is 5.91 Å². The number of nitrogens with one attached hydrogen (secondary N) is 2. The van der Waals surface area contributed by atoms with E-state index >= 15 is 0 Å². The van der Waals surface area contributed by atoms with E-state index in [1.807, 2.05) is 30.3 Å². The molecule has 0 atom stereocenters. The maximum absolute atomic E-state index is 11.7. The van der Waals surface area contributed by atoms with Crippen LogP contribution in [0.15, 0.2) is 48.5 Å². The van der Waals surface area contributed by atoms with Crippen LogP contribution in [0.4, 0.5) is 5.13 Å². The normalized spacial score (nSPS) is 10.4. The molecule has 7 heteroatoms. The van der Waals surface area contributed by atoms with Crippen LogP contribution in [0.3, 0.4) is 0 Å². The Balaban J connectivity index is 1.55. The number of rotatable bonds is 5. The molecule has 0 bridgehead atoms. The van der Waals surface area contributed by atoms with Crippen LogP contribution in [0.1, 0.15) is 0 Å². The highest BCUT2D eigenvalue weighted by molar-refractivity contribution is 7.22. The van der Waals surface area contributed by atoms with E-state index < -0.39 is 0 Å². The van der Waals surface area contributed by atoms with Gasteiger partial charge in [-0.25, -0.2) is 4.98 Å². The van der Waals surface area contributed by atoms with Gasteiger partial charge in [0.2, 0.25) is 5.13 Å². The maximum Gasteiger partial charge on any atom is 0.276 e. The number of carbonyl (C=O) groups is 1. The van der Waals surface area contributed by atoms with Gasteiger partial charge in [-0.2, -0.15) is 0 Å². The lowest BCUT2D eigenvalue weighted by molar-refractivity contribution is -0.122. The fourth-order valence-corrected chi connectivity index (χ4v) is 2.91. The average molecular weight is 334 g/mol. The molecule has 5 nitrogen and oxygen atoms in total. The first-order valence-corrected chi connectivity index (χ1v) is 7.69. The van der Waals surface area contributed by atoms with Gasteiger partial charge in [-0.05, 0) is 24.3 Å². The van der Waals surface area contributed by atoms with E-state index in [0.717, 1.165) is 4.70 Å². The van der Waals surface area contributed by atoms with E-state index in [1.54, 1.807) is 18.2 Å². The zero-order valence-corrected chi connectivity index (χ0v) is 12.9. The SMILES string of the molecule is O=C(COc1ccccc1)NNc1nc2c(Cl)cccc2s1. The monoisotopic (exact) mass is 333 g/mol. The van der Waals surface area contributed by atoms with Crippen molar-refractivity contribution in [3.63, 3.8) is 0 Å². The Morgan fingerprint density at radius 1 is 1.18 bits per heavy atom. The third-order valence-electron chi connectivity index (χ3n) is 2.79. The first kappa shape index (κ1) is 14.6. The van der Waals surface area contributed by atoms with Crippen molar-refractivity contribution in [2.24, 2.45) is 0 Å². The summed E-state index contributed by atoms with van der Waals surface area (Å²) in [5, 5.41) is 1.15. The van der Waals surface area contributed by atoms with Crippen LogP contribution in [0.25, 0.3) is 10.2 Å². The van der Waals surface area contributed by atoms with Crippen molar-refractivity contribution in [3.8, 4) is 5.75 Å². The number of anilines is 1. The Bertz CT molecular complexity index is 792. The van der Waals surface area contributed by atoms with Gasteiger partial charge >= 0.3 is 0 Å². The van der Waals surface area contributed by atoms with Crippen LogP contribution in [-0.2, 0) is 4.79 Å². The van der Waals surface area contributed by atoms with E-state index in [9.17, 15) is 4.79 Å². The van der Waals surface area contributed by atoms with Crippen LogP contribution < -0.4 is 15.6 Å². The number of benzene rings is 2. The molecular weight excluding hydrogens is 322 g/mol. The molecular formula is C15H12ClN3O2S. The van der Waals surface area contributed by atoms with Crippen molar-refractivity contribution in [3.05, 3.63) is 53.6 Å². The summed E-state index contributed by atoms with van der Waals surface area (Å²) < 4.78 is 6.29. The van der Waals surface area contributed by atoms with Gasteiger partial charge < -0.3 is 4.74 Å². The van der Waals surface area contributed by atoms with Gasteiger partial charge in [-0.15, -0.1) is 0 Å². The molecule has 2 aromatic carbocycles. The van der Waals surface area contributed by atoms with Crippen LogP contribution in [0.5, 0.6) is 5.75 Å². The number of para-hydroxylation sites is 2. The molecule has 3 rings (SSSR count). The summed E-state index contributed by atoms with van der Waals surface area (Å²) in [5.41, 5.74) is 6.02. The molecule has 2 N–H and O–H groups in total. The molecule has 1 amide bonds. The predicted octanol–water partition coefficient (Wildman–Crippen LogP) is 3.47. The summed E-state index contributed by atoms with van der Waals surface area (Å²) in [7, 11) is 0. The Hall–Kier alpha value is -2.31.